The summed E-state index contributed by atoms with van der Waals surface area (Å²) < 4.78 is 5.52. The van der Waals surface area contributed by atoms with E-state index in [0.717, 1.165) is 25.0 Å². The quantitative estimate of drug-likeness (QED) is 0.755. The topological polar surface area (TPSA) is 45.3 Å². The van der Waals surface area contributed by atoms with Gasteiger partial charge < -0.3 is 14.6 Å². The third-order valence-corrected chi connectivity index (χ3v) is 5.78. The average Bonchev–Trinajstić information content (AvgIpc) is 3.01. The molecular formula is C20H20N2O2. The number of nitrogens with one attached hydrogen (secondary N) is 1. The van der Waals surface area contributed by atoms with Crippen LogP contribution in [0, 0.1) is 5.92 Å². The molecule has 3 aliphatic rings. The first-order valence-electron chi connectivity index (χ1n) is 8.65. The summed E-state index contributed by atoms with van der Waals surface area (Å²) in [5.41, 5.74) is 5.85. The van der Waals surface area contributed by atoms with Crippen LogP contribution in [-0.2, 0) is 16.0 Å². The summed E-state index contributed by atoms with van der Waals surface area (Å²) in [6.45, 7) is 3.42. The molecule has 0 bridgehead atoms. The molecule has 122 valence electrons. The Kier molecular flexibility index (Phi) is 2.90. The van der Waals surface area contributed by atoms with Gasteiger partial charge in [-0.2, -0.15) is 0 Å². The van der Waals surface area contributed by atoms with Crippen molar-refractivity contribution in [2.45, 2.75) is 25.8 Å². The molecule has 0 spiro atoms. The summed E-state index contributed by atoms with van der Waals surface area (Å²) in [6, 6.07) is 8.60. The van der Waals surface area contributed by atoms with Crippen molar-refractivity contribution < 1.29 is 9.53 Å². The minimum atomic E-state index is 0.139. The van der Waals surface area contributed by atoms with Gasteiger partial charge in [0.25, 0.3) is 5.91 Å². The van der Waals surface area contributed by atoms with E-state index in [2.05, 4.69) is 35.3 Å². The lowest BCUT2D eigenvalue weighted by molar-refractivity contribution is -0.133. The predicted octanol–water partition coefficient (Wildman–Crippen LogP) is 3.47. The standard InChI is InChI=1S/C20H20N2O2/c1-2-12-10-24-11-16-15(12)9-18-19-14(7-8-22(18)20(16)23)13-5-3-4-6-17(13)21-19/h2-6,11,15,18,21H,7-10H2,1H3/b12-2-/t15-,18-/m0/s1. The van der Waals surface area contributed by atoms with Crippen molar-refractivity contribution in [2.75, 3.05) is 13.2 Å². The summed E-state index contributed by atoms with van der Waals surface area (Å²) in [4.78, 5) is 18.6. The second-order valence-electron chi connectivity index (χ2n) is 6.86. The number of para-hydroxylation sites is 1. The fraction of sp³-hybridized carbons (Fsp3) is 0.350. The Morgan fingerprint density at radius 2 is 2.21 bits per heavy atom. The molecule has 4 nitrogen and oxygen atoms in total. The maximum absolute atomic E-state index is 13.0. The van der Waals surface area contributed by atoms with Crippen molar-refractivity contribution >= 4 is 16.8 Å². The fourth-order valence-corrected chi connectivity index (χ4v) is 4.57. The van der Waals surface area contributed by atoms with E-state index in [1.54, 1.807) is 6.26 Å². The number of amides is 1. The Morgan fingerprint density at radius 1 is 1.33 bits per heavy atom. The molecule has 2 aromatic rings. The van der Waals surface area contributed by atoms with Gasteiger partial charge in [0.05, 0.1) is 17.9 Å². The number of carbonyl (C=O) groups excluding carboxylic acids is 1. The highest BCUT2D eigenvalue weighted by atomic mass is 16.5. The molecule has 0 saturated carbocycles. The van der Waals surface area contributed by atoms with Gasteiger partial charge in [-0.05, 0) is 37.0 Å². The van der Waals surface area contributed by atoms with Gasteiger partial charge in [-0.15, -0.1) is 0 Å². The normalized spacial score (nSPS) is 27.4. The van der Waals surface area contributed by atoms with Gasteiger partial charge in [0.2, 0.25) is 0 Å². The monoisotopic (exact) mass is 320 g/mol. The lowest BCUT2D eigenvalue weighted by Crippen LogP contribution is -2.47. The number of fused-ring (bicyclic) bond motifs is 6. The molecule has 3 aliphatic heterocycles. The molecular weight excluding hydrogens is 300 g/mol. The van der Waals surface area contributed by atoms with Crippen LogP contribution in [0.3, 0.4) is 0 Å². The first kappa shape index (κ1) is 13.9. The molecule has 1 aromatic heterocycles. The maximum Gasteiger partial charge on any atom is 0.254 e. The Bertz CT molecular complexity index is 905. The number of aromatic nitrogens is 1. The van der Waals surface area contributed by atoms with Crippen LogP contribution in [0.15, 0.2) is 47.7 Å². The molecule has 2 atom stereocenters. The van der Waals surface area contributed by atoms with Crippen LogP contribution in [0.25, 0.3) is 10.9 Å². The Morgan fingerprint density at radius 3 is 3.08 bits per heavy atom. The zero-order chi connectivity index (χ0) is 16.3. The third kappa shape index (κ3) is 1.77. The molecule has 4 heteroatoms. The van der Waals surface area contributed by atoms with Gasteiger partial charge in [-0.1, -0.05) is 24.3 Å². The largest absolute Gasteiger partial charge is 0.496 e. The molecule has 24 heavy (non-hydrogen) atoms. The molecule has 4 heterocycles. The Balaban J connectivity index is 1.64. The van der Waals surface area contributed by atoms with Crippen molar-refractivity contribution in [3.05, 3.63) is 59.0 Å². The average molecular weight is 320 g/mol. The third-order valence-electron chi connectivity index (χ3n) is 5.78. The SMILES string of the molecule is C/C=C1/COC=C2C(=O)N3CCc4c([nH]c5ccccc45)[C@@H]3C[C@H]21. The van der Waals surface area contributed by atoms with Crippen molar-refractivity contribution in [1.29, 1.82) is 0 Å². The first-order chi connectivity index (χ1) is 11.8. The Labute approximate surface area is 140 Å². The van der Waals surface area contributed by atoms with E-state index in [-0.39, 0.29) is 17.9 Å². The second kappa shape index (κ2) is 5.00. The molecule has 1 aromatic carbocycles. The number of ether oxygens (including phenoxy) is 1. The van der Waals surface area contributed by atoms with Crippen molar-refractivity contribution in [1.82, 2.24) is 9.88 Å². The molecule has 0 aliphatic carbocycles. The van der Waals surface area contributed by atoms with Crippen LogP contribution < -0.4 is 0 Å². The highest BCUT2D eigenvalue weighted by Crippen LogP contribution is 2.46. The number of nitrogens with zero attached hydrogens (tertiary/aromatic N) is 1. The van der Waals surface area contributed by atoms with Gasteiger partial charge in [0.1, 0.15) is 6.61 Å². The van der Waals surface area contributed by atoms with Gasteiger partial charge >= 0.3 is 0 Å². The second-order valence-corrected chi connectivity index (χ2v) is 6.86. The van der Waals surface area contributed by atoms with E-state index in [0.29, 0.717) is 6.61 Å². The number of H-pyrrole nitrogens is 1. The van der Waals surface area contributed by atoms with E-state index in [1.165, 1.54) is 27.7 Å². The van der Waals surface area contributed by atoms with Gasteiger partial charge in [0, 0.05) is 29.1 Å². The number of allylic oxidation sites excluding steroid dienone is 1. The zero-order valence-corrected chi connectivity index (χ0v) is 13.7. The summed E-state index contributed by atoms with van der Waals surface area (Å²) in [5, 5.41) is 1.30. The molecule has 5 rings (SSSR count). The summed E-state index contributed by atoms with van der Waals surface area (Å²) in [7, 11) is 0. The molecule has 1 N–H and O–H groups in total. The number of carbonyl (C=O) groups is 1. The number of piperidine rings is 1. The fourth-order valence-electron chi connectivity index (χ4n) is 4.57. The number of aromatic amines is 1. The predicted molar refractivity (Wildman–Crippen MR) is 92.4 cm³/mol. The smallest absolute Gasteiger partial charge is 0.254 e. The lowest BCUT2D eigenvalue weighted by Gasteiger charge is -2.44. The summed E-state index contributed by atoms with van der Waals surface area (Å²) in [5.74, 6) is 0.328. The highest BCUT2D eigenvalue weighted by molar-refractivity contribution is 5.96. The number of hydrogen-bond donors (Lipinski definition) is 1. The van der Waals surface area contributed by atoms with Gasteiger partial charge in [-0.25, -0.2) is 0 Å². The molecule has 1 fully saturated rings. The lowest BCUT2D eigenvalue weighted by atomic mass is 9.77. The van der Waals surface area contributed by atoms with E-state index in [9.17, 15) is 4.79 Å². The van der Waals surface area contributed by atoms with Gasteiger partial charge in [0.15, 0.2) is 0 Å². The van der Waals surface area contributed by atoms with Crippen LogP contribution >= 0.6 is 0 Å². The molecule has 0 unspecified atom stereocenters. The van der Waals surface area contributed by atoms with Crippen LogP contribution in [0.2, 0.25) is 0 Å². The number of rotatable bonds is 0. The Hall–Kier alpha value is -2.49. The summed E-state index contributed by atoms with van der Waals surface area (Å²) in [6.07, 6.45) is 5.66. The van der Waals surface area contributed by atoms with E-state index in [1.807, 2.05) is 11.8 Å². The highest BCUT2D eigenvalue weighted by Gasteiger charge is 2.44. The van der Waals surface area contributed by atoms with Crippen molar-refractivity contribution in [3.63, 3.8) is 0 Å². The van der Waals surface area contributed by atoms with Crippen molar-refractivity contribution in [3.8, 4) is 0 Å². The van der Waals surface area contributed by atoms with Crippen LogP contribution in [-0.4, -0.2) is 28.9 Å². The zero-order valence-electron chi connectivity index (χ0n) is 13.7. The molecule has 1 saturated heterocycles. The van der Waals surface area contributed by atoms with E-state index in [4.69, 9.17) is 4.74 Å². The van der Waals surface area contributed by atoms with E-state index < -0.39 is 0 Å². The molecule has 1 amide bonds. The number of hydrogen-bond acceptors (Lipinski definition) is 2. The number of benzene rings is 1. The minimum Gasteiger partial charge on any atom is -0.496 e. The minimum absolute atomic E-state index is 0.139. The van der Waals surface area contributed by atoms with E-state index >= 15 is 0 Å². The van der Waals surface area contributed by atoms with Crippen LogP contribution in [0.1, 0.15) is 30.6 Å². The van der Waals surface area contributed by atoms with Crippen molar-refractivity contribution in [2.24, 2.45) is 5.92 Å². The molecule has 0 radical (unpaired) electrons. The van der Waals surface area contributed by atoms with Crippen LogP contribution in [0.5, 0.6) is 0 Å². The van der Waals surface area contributed by atoms with Gasteiger partial charge in [-0.3, -0.25) is 4.79 Å². The first-order valence-corrected chi connectivity index (χ1v) is 8.65. The maximum atomic E-state index is 13.0. The summed E-state index contributed by atoms with van der Waals surface area (Å²) >= 11 is 0. The van der Waals surface area contributed by atoms with Crippen LogP contribution in [0.4, 0.5) is 0 Å².